The fourth-order valence-electron chi connectivity index (χ4n) is 4.76. The number of phenols is 3. The number of nitrogens with zero attached hydrogens (tertiary/aromatic N) is 1. The van der Waals surface area contributed by atoms with E-state index in [9.17, 15) is 25.2 Å². The van der Waals surface area contributed by atoms with E-state index in [2.05, 4.69) is 18.8 Å². The molecular weight excluding hydrogens is 524 g/mol. The normalized spacial score (nSPS) is 12.7. The molecule has 2 atom stereocenters. The van der Waals surface area contributed by atoms with Gasteiger partial charge in [0, 0.05) is 18.5 Å². The number of Topliss-reactive ketones (excluding diaryl/α,β-unsaturated/α-hetero) is 1. The lowest BCUT2D eigenvalue weighted by Gasteiger charge is -2.23. The number of methoxy groups -OCH3 is 1. The van der Waals surface area contributed by atoms with Crippen LogP contribution in [0.4, 0.5) is 5.82 Å². The third-order valence-electron chi connectivity index (χ3n) is 7.11. The number of aliphatic hydroxyl groups is 1. The van der Waals surface area contributed by atoms with E-state index in [1.54, 1.807) is 36.5 Å². The smallest absolute Gasteiger partial charge is 0.200 e. The van der Waals surface area contributed by atoms with Crippen molar-refractivity contribution in [1.29, 1.82) is 0 Å². The molecule has 0 bridgehead atoms. The Morgan fingerprint density at radius 1 is 0.927 bits per heavy atom. The molecule has 0 aliphatic rings. The lowest BCUT2D eigenvalue weighted by Crippen LogP contribution is -2.31. The van der Waals surface area contributed by atoms with Crippen LogP contribution in [0.1, 0.15) is 56.2 Å². The van der Waals surface area contributed by atoms with Crippen molar-refractivity contribution in [2.45, 2.75) is 64.9 Å². The topological polar surface area (TPSA) is 155 Å². The van der Waals surface area contributed by atoms with Crippen LogP contribution in [0.5, 0.6) is 28.7 Å². The van der Waals surface area contributed by atoms with E-state index >= 15 is 0 Å². The maximum Gasteiger partial charge on any atom is 0.200 e. The first kappa shape index (κ1) is 31.5. The predicted molar refractivity (Wildman–Crippen MR) is 157 cm³/mol. The number of aryl methyl sites for hydroxylation is 2. The second kappa shape index (κ2) is 15.1. The second-order valence-electron chi connectivity index (χ2n) is 10.8. The molecule has 9 heteroatoms. The molecule has 222 valence electrons. The molecular formula is C32H42N2O7. The molecule has 0 aliphatic heterocycles. The molecule has 0 spiro atoms. The average Bonchev–Trinajstić information content (AvgIpc) is 2.94. The SMILES string of the molecule is COc1cc(CC[C@@H](O)[C@@H](Cc2ccnc(N)c2)C(=O)CCc2cc(O)c(O)c(OCCCC(C)C)c2)ccc1O. The number of anilines is 1. The quantitative estimate of drug-likeness (QED) is 0.119. The number of benzene rings is 2. The van der Waals surface area contributed by atoms with Gasteiger partial charge in [-0.25, -0.2) is 4.98 Å². The minimum atomic E-state index is -0.940. The Bertz CT molecular complexity index is 1300. The summed E-state index contributed by atoms with van der Waals surface area (Å²) in [6.45, 7) is 4.66. The number of carbonyl (C=O) groups is 1. The number of phenolic OH excluding ortho intramolecular Hbond substituents is 3. The molecule has 0 aliphatic carbocycles. The molecule has 2 aromatic carbocycles. The van der Waals surface area contributed by atoms with Gasteiger partial charge in [-0.2, -0.15) is 0 Å². The van der Waals surface area contributed by atoms with Crippen molar-refractivity contribution in [2.75, 3.05) is 19.5 Å². The Balaban J connectivity index is 1.71. The Hall–Kier alpha value is -3.98. The van der Waals surface area contributed by atoms with Gasteiger partial charge < -0.3 is 35.6 Å². The Kier molecular flexibility index (Phi) is 11.6. The van der Waals surface area contributed by atoms with Crippen molar-refractivity contribution in [3.05, 3.63) is 65.4 Å². The molecule has 3 aromatic rings. The van der Waals surface area contributed by atoms with Gasteiger partial charge in [-0.3, -0.25) is 4.79 Å². The number of aromatic nitrogens is 1. The molecule has 1 heterocycles. The van der Waals surface area contributed by atoms with Crippen molar-refractivity contribution in [3.63, 3.8) is 0 Å². The van der Waals surface area contributed by atoms with Gasteiger partial charge in [-0.1, -0.05) is 19.9 Å². The van der Waals surface area contributed by atoms with Crippen LogP contribution in [0.25, 0.3) is 0 Å². The first-order valence-electron chi connectivity index (χ1n) is 14.0. The van der Waals surface area contributed by atoms with Crippen molar-refractivity contribution in [1.82, 2.24) is 4.98 Å². The summed E-state index contributed by atoms with van der Waals surface area (Å²) in [7, 11) is 1.47. The second-order valence-corrected chi connectivity index (χ2v) is 10.8. The fraction of sp³-hybridized carbons (Fsp3) is 0.438. The van der Waals surface area contributed by atoms with Crippen LogP contribution < -0.4 is 15.2 Å². The van der Waals surface area contributed by atoms with Crippen LogP contribution in [0.2, 0.25) is 0 Å². The molecule has 0 fully saturated rings. The summed E-state index contributed by atoms with van der Waals surface area (Å²) < 4.78 is 10.9. The standard InChI is InChI=1S/C32H42N2O7/c1-20(2)5-4-14-41-30-18-22(16-28(38)32(30)39)8-10-26(36)24(15-23-12-13-34-31(33)19-23)25(35)9-6-21-7-11-27(37)29(17-21)40-3/h7,11-13,16-20,24-25,35,37-39H,4-6,8-10,14-15H2,1-3H3,(H2,33,34)/t24-,25-/m1/s1. The zero-order valence-corrected chi connectivity index (χ0v) is 24.0. The predicted octanol–water partition coefficient (Wildman–Crippen LogP) is 4.96. The highest BCUT2D eigenvalue weighted by Gasteiger charge is 2.27. The van der Waals surface area contributed by atoms with Gasteiger partial charge in [0.15, 0.2) is 23.0 Å². The number of nitrogen functional groups attached to an aromatic ring is 1. The summed E-state index contributed by atoms with van der Waals surface area (Å²) in [6, 6.07) is 11.5. The van der Waals surface area contributed by atoms with Crippen LogP contribution in [-0.2, 0) is 24.1 Å². The van der Waals surface area contributed by atoms with E-state index in [4.69, 9.17) is 15.2 Å². The molecule has 41 heavy (non-hydrogen) atoms. The van der Waals surface area contributed by atoms with Gasteiger partial charge in [0.25, 0.3) is 0 Å². The number of carbonyl (C=O) groups excluding carboxylic acids is 1. The van der Waals surface area contributed by atoms with Crippen molar-refractivity contribution >= 4 is 11.6 Å². The average molecular weight is 567 g/mol. The lowest BCUT2D eigenvalue weighted by molar-refractivity contribution is -0.126. The Morgan fingerprint density at radius 2 is 1.68 bits per heavy atom. The van der Waals surface area contributed by atoms with Crippen LogP contribution in [0.15, 0.2) is 48.7 Å². The molecule has 0 unspecified atom stereocenters. The van der Waals surface area contributed by atoms with E-state index < -0.39 is 12.0 Å². The molecule has 0 amide bonds. The van der Waals surface area contributed by atoms with Crippen LogP contribution in [0, 0.1) is 11.8 Å². The summed E-state index contributed by atoms with van der Waals surface area (Å²) in [5, 5.41) is 41.5. The summed E-state index contributed by atoms with van der Waals surface area (Å²) >= 11 is 0. The maximum absolute atomic E-state index is 13.5. The number of ether oxygens (including phenoxy) is 2. The number of pyridine rings is 1. The minimum Gasteiger partial charge on any atom is -0.504 e. The van der Waals surface area contributed by atoms with Gasteiger partial charge in [-0.05, 0) is 97.5 Å². The summed E-state index contributed by atoms with van der Waals surface area (Å²) in [4.78, 5) is 17.5. The largest absolute Gasteiger partial charge is 0.504 e. The fourth-order valence-corrected chi connectivity index (χ4v) is 4.76. The zero-order chi connectivity index (χ0) is 29.9. The van der Waals surface area contributed by atoms with E-state index in [1.807, 2.05) is 0 Å². The molecule has 0 saturated carbocycles. The van der Waals surface area contributed by atoms with Crippen LogP contribution >= 0.6 is 0 Å². The van der Waals surface area contributed by atoms with Gasteiger partial charge in [0.2, 0.25) is 5.75 Å². The molecule has 3 rings (SSSR count). The first-order chi connectivity index (χ1) is 19.6. The maximum atomic E-state index is 13.5. The van der Waals surface area contributed by atoms with E-state index in [0.717, 1.165) is 24.0 Å². The van der Waals surface area contributed by atoms with Crippen molar-refractivity contribution in [2.24, 2.45) is 11.8 Å². The number of rotatable bonds is 16. The van der Waals surface area contributed by atoms with Crippen molar-refractivity contribution < 1.29 is 34.7 Å². The minimum absolute atomic E-state index is 0.0320. The molecule has 9 nitrogen and oxygen atoms in total. The van der Waals surface area contributed by atoms with Gasteiger partial charge in [-0.15, -0.1) is 0 Å². The monoisotopic (exact) mass is 566 g/mol. The highest BCUT2D eigenvalue weighted by atomic mass is 16.5. The molecule has 1 aromatic heterocycles. The van der Waals surface area contributed by atoms with E-state index in [1.165, 1.54) is 19.2 Å². The number of hydrogen-bond acceptors (Lipinski definition) is 9. The number of aromatic hydroxyl groups is 3. The van der Waals surface area contributed by atoms with E-state index in [-0.39, 0.29) is 41.6 Å². The van der Waals surface area contributed by atoms with Gasteiger partial charge in [0.05, 0.1) is 19.8 Å². The highest BCUT2D eigenvalue weighted by molar-refractivity contribution is 5.82. The third kappa shape index (κ3) is 9.56. The number of hydrogen-bond donors (Lipinski definition) is 5. The lowest BCUT2D eigenvalue weighted by atomic mass is 9.85. The highest BCUT2D eigenvalue weighted by Crippen LogP contribution is 2.37. The number of ketones is 1. The van der Waals surface area contributed by atoms with Crippen LogP contribution in [0.3, 0.4) is 0 Å². The van der Waals surface area contributed by atoms with Gasteiger partial charge >= 0.3 is 0 Å². The van der Waals surface area contributed by atoms with E-state index in [0.29, 0.717) is 48.9 Å². The number of aliphatic hydroxyl groups excluding tert-OH is 1. The number of nitrogens with two attached hydrogens (primary N) is 1. The summed E-state index contributed by atoms with van der Waals surface area (Å²) in [5.74, 6) is -0.0303. The molecule has 6 N–H and O–H groups in total. The summed E-state index contributed by atoms with van der Waals surface area (Å²) in [6.07, 6.45) is 3.93. The summed E-state index contributed by atoms with van der Waals surface area (Å²) in [5.41, 5.74) is 8.14. The third-order valence-corrected chi connectivity index (χ3v) is 7.11. The van der Waals surface area contributed by atoms with Crippen molar-refractivity contribution in [3.8, 4) is 28.7 Å². The van der Waals surface area contributed by atoms with Gasteiger partial charge in [0.1, 0.15) is 11.6 Å². The Labute approximate surface area is 241 Å². The molecule has 0 radical (unpaired) electrons. The first-order valence-corrected chi connectivity index (χ1v) is 14.0. The molecule has 0 saturated heterocycles. The Morgan fingerprint density at radius 3 is 2.39 bits per heavy atom. The van der Waals surface area contributed by atoms with Crippen LogP contribution in [-0.4, -0.2) is 51.0 Å². The zero-order valence-electron chi connectivity index (χ0n) is 24.0.